The highest BCUT2D eigenvalue weighted by Crippen LogP contribution is 2.10. The number of amides is 1. The molecule has 1 aliphatic rings. The third kappa shape index (κ3) is 2.96. The summed E-state index contributed by atoms with van der Waals surface area (Å²) in [5.41, 5.74) is 0.200. The van der Waals surface area contributed by atoms with Gasteiger partial charge in [0.2, 0.25) is 0 Å². The molecule has 0 saturated carbocycles. The lowest BCUT2D eigenvalue weighted by Gasteiger charge is -2.26. The normalized spacial score (nSPS) is 16.6. The molecule has 110 valence electrons. The van der Waals surface area contributed by atoms with Crippen LogP contribution >= 0.6 is 0 Å². The van der Waals surface area contributed by atoms with Crippen LogP contribution in [-0.4, -0.2) is 53.1 Å². The summed E-state index contributed by atoms with van der Waals surface area (Å²) < 4.78 is 6.34. The van der Waals surface area contributed by atoms with E-state index in [1.165, 1.54) is 7.11 Å². The van der Waals surface area contributed by atoms with Crippen LogP contribution in [-0.2, 0) is 9.53 Å². The minimum absolute atomic E-state index is 0.0720. The molecule has 1 aromatic heterocycles. The van der Waals surface area contributed by atoms with Crippen LogP contribution in [0.3, 0.4) is 0 Å². The molecule has 0 bridgehead atoms. The summed E-state index contributed by atoms with van der Waals surface area (Å²) in [5, 5.41) is 13.5. The van der Waals surface area contributed by atoms with Crippen molar-refractivity contribution in [2.24, 2.45) is 5.92 Å². The van der Waals surface area contributed by atoms with Gasteiger partial charge in [-0.05, 0) is 5.92 Å². The fraction of sp³-hybridized carbons (Fsp3) is 0.667. The van der Waals surface area contributed by atoms with Gasteiger partial charge in [-0.25, -0.2) is 9.48 Å². The van der Waals surface area contributed by atoms with Crippen molar-refractivity contribution in [3.05, 3.63) is 11.9 Å². The van der Waals surface area contributed by atoms with Gasteiger partial charge in [-0.15, -0.1) is 5.10 Å². The van der Waals surface area contributed by atoms with Gasteiger partial charge in [-0.2, -0.15) is 0 Å². The Morgan fingerprint density at radius 1 is 1.50 bits per heavy atom. The van der Waals surface area contributed by atoms with E-state index in [-0.39, 0.29) is 17.7 Å². The van der Waals surface area contributed by atoms with E-state index in [4.69, 9.17) is 0 Å². The topological polar surface area (TPSA) is 98.1 Å². The van der Waals surface area contributed by atoms with Crippen LogP contribution in [0.15, 0.2) is 6.20 Å². The Balaban J connectivity index is 2.02. The molecule has 8 heteroatoms. The highest BCUT2D eigenvalue weighted by Gasteiger charge is 2.27. The number of carbonyl (C=O) groups excluding carboxylic acids is 2. The zero-order valence-electron chi connectivity index (χ0n) is 11.8. The van der Waals surface area contributed by atoms with Crippen molar-refractivity contribution in [2.45, 2.75) is 25.9 Å². The first-order valence-corrected chi connectivity index (χ1v) is 6.54. The number of hydrogen-bond acceptors (Lipinski definition) is 6. The number of ether oxygens (including phenoxy) is 1. The zero-order valence-corrected chi connectivity index (χ0v) is 11.8. The molecule has 20 heavy (non-hydrogen) atoms. The van der Waals surface area contributed by atoms with E-state index in [2.05, 4.69) is 25.7 Å². The number of carbonyl (C=O) groups is 2. The second kappa shape index (κ2) is 6.00. The number of methoxy groups -OCH3 is 1. The molecule has 0 aromatic carbocycles. The lowest BCUT2D eigenvalue weighted by molar-refractivity contribution is -0.144. The van der Waals surface area contributed by atoms with Crippen molar-refractivity contribution in [1.29, 1.82) is 0 Å². The van der Waals surface area contributed by atoms with Gasteiger partial charge in [0.25, 0.3) is 5.91 Å². The van der Waals surface area contributed by atoms with Crippen LogP contribution in [0.5, 0.6) is 0 Å². The molecule has 2 rings (SSSR count). The average Bonchev–Trinajstić information content (AvgIpc) is 2.81. The van der Waals surface area contributed by atoms with E-state index in [9.17, 15) is 9.59 Å². The quantitative estimate of drug-likeness (QED) is 0.696. The number of aromatic nitrogens is 3. The predicted molar refractivity (Wildman–Crippen MR) is 70.0 cm³/mol. The molecular formula is C12H19N5O3. The van der Waals surface area contributed by atoms with Gasteiger partial charge in [-0.1, -0.05) is 19.1 Å². The molecule has 8 nitrogen and oxygen atoms in total. The number of hydrogen-bond donors (Lipinski definition) is 2. The van der Waals surface area contributed by atoms with Crippen molar-refractivity contribution in [3.8, 4) is 0 Å². The summed E-state index contributed by atoms with van der Waals surface area (Å²) >= 11 is 0. The van der Waals surface area contributed by atoms with Gasteiger partial charge in [0, 0.05) is 13.1 Å². The molecular weight excluding hydrogens is 262 g/mol. The summed E-state index contributed by atoms with van der Waals surface area (Å²) in [6.45, 7) is 5.31. The van der Waals surface area contributed by atoms with E-state index in [0.717, 1.165) is 13.1 Å². The van der Waals surface area contributed by atoms with Crippen LogP contribution in [0.25, 0.3) is 0 Å². The average molecular weight is 281 g/mol. The van der Waals surface area contributed by atoms with E-state index >= 15 is 0 Å². The molecule has 1 unspecified atom stereocenters. The van der Waals surface area contributed by atoms with Gasteiger partial charge >= 0.3 is 5.97 Å². The van der Waals surface area contributed by atoms with E-state index < -0.39 is 17.9 Å². The SMILES string of the molecule is COC(=O)C(NC(=O)c1cn(C2CNC2)nn1)C(C)C. The van der Waals surface area contributed by atoms with Crippen LogP contribution in [0, 0.1) is 5.92 Å². The maximum atomic E-state index is 12.1. The molecule has 1 aromatic rings. The number of esters is 1. The maximum Gasteiger partial charge on any atom is 0.328 e. The first kappa shape index (κ1) is 14.4. The summed E-state index contributed by atoms with van der Waals surface area (Å²) in [4.78, 5) is 23.7. The van der Waals surface area contributed by atoms with E-state index in [1.54, 1.807) is 10.9 Å². The van der Waals surface area contributed by atoms with Crippen molar-refractivity contribution in [2.75, 3.05) is 20.2 Å². The Hall–Kier alpha value is -1.96. The molecule has 1 fully saturated rings. The van der Waals surface area contributed by atoms with Gasteiger partial charge in [0.05, 0.1) is 19.3 Å². The highest BCUT2D eigenvalue weighted by molar-refractivity contribution is 5.94. The number of nitrogens with zero attached hydrogens (tertiary/aromatic N) is 3. The largest absolute Gasteiger partial charge is 0.467 e. The minimum Gasteiger partial charge on any atom is -0.467 e. The summed E-state index contributed by atoms with van der Waals surface area (Å²) in [5.74, 6) is -0.964. The summed E-state index contributed by atoms with van der Waals surface area (Å²) in [6.07, 6.45) is 1.59. The highest BCUT2D eigenvalue weighted by atomic mass is 16.5. The molecule has 0 spiro atoms. The second-order valence-corrected chi connectivity index (χ2v) is 5.11. The monoisotopic (exact) mass is 281 g/mol. The first-order chi connectivity index (χ1) is 9.52. The molecule has 0 aliphatic carbocycles. The lowest BCUT2D eigenvalue weighted by atomic mass is 10.0. The maximum absolute atomic E-state index is 12.1. The van der Waals surface area contributed by atoms with E-state index in [0.29, 0.717) is 0 Å². The van der Waals surface area contributed by atoms with Gasteiger partial charge < -0.3 is 15.4 Å². The molecule has 1 amide bonds. The van der Waals surface area contributed by atoms with E-state index in [1.807, 2.05) is 13.8 Å². The molecule has 1 saturated heterocycles. The molecule has 0 radical (unpaired) electrons. The molecule has 1 atom stereocenters. The smallest absolute Gasteiger partial charge is 0.328 e. The van der Waals surface area contributed by atoms with Crippen LogP contribution in [0.4, 0.5) is 0 Å². The van der Waals surface area contributed by atoms with Gasteiger partial charge in [-0.3, -0.25) is 4.79 Å². The van der Waals surface area contributed by atoms with Crippen molar-refractivity contribution in [1.82, 2.24) is 25.6 Å². The summed E-state index contributed by atoms with van der Waals surface area (Å²) in [7, 11) is 1.30. The molecule has 2 heterocycles. The fourth-order valence-corrected chi connectivity index (χ4v) is 1.86. The fourth-order valence-electron chi connectivity index (χ4n) is 1.86. The van der Waals surface area contributed by atoms with Gasteiger partial charge in [0.15, 0.2) is 5.69 Å². The standard InChI is InChI=1S/C12H19N5O3/c1-7(2)10(12(19)20-3)14-11(18)9-6-17(16-15-9)8-4-13-5-8/h6-8,10,13H,4-5H2,1-3H3,(H,14,18). The first-order valence-electron chi connectivity index (χ1n) is 6.54. The number of rotatable bonds is 5. The van der Waals surface area contributed by atoms with Crippen LogP contribution in [0.2, 0.25) is 0 Å². The third-order valence-corrected chi connectivity index (χ3v) is 3.29. The van der Waals surface area contributed by atoms with Crippen molar-refractivity contribution >= 4 is 11.9 Å². The summed E-state index contributed by atoms with van der Waals surface area (Å²) in [6, 6.07) is -0.450. The van der Waals surface area contributed by atoms with Gasteiger partial charge in [0.1, 0.15) is 6.04 Å². The Morgan fingerprint density at radius 2 is 2.20 bits per heavy atom. The van der Waals surface area contributed by atoms with Crippen LogP contribution in [0.1, 0.15) is 30.4 Å². The van der Waals surface area contributed by atoms with Crippen molar-refractivity contribution in [3.63, 3.8) is 0 Å². The lowest BCUT2D eigenvalue weighted by Crippen LogP contribution is -2.45. The molecule has 1 aliphatic heterocycles. The van der Waals surface area contributed by atoms with Crippen LogP contribution < -0.4 is 10.6 Å². The Kier molecular flexibility index (Phi) is 4.33. The zero-order chi connectivity index (χ0) is 14.7. The number of nitrogens with one attached hydrogen (secondary N) is 2. The second-order valence-electron chi connectivity index (χ2n) is 5.11. The van der Waals surface area contributed by atoms with Crippen molar-refractivity contribution < 1.29 is 14.3 Å². The third-order valence-electron chi connectivity index (χ3n) is 3.29. The molecule has 2 N–H and O–H groups in total. The Bertz CT molecular complexity index is 495. The minimum atomic E-state index is -0.692. The predicted octanol–water partition coefficient (Wildman–Crippen LogP) is -0.650. The Labute approximate surface area is 116 Å². The Morgan fingerprint density at radius 3 is 2.70 bits per heavy atom.